The molecule has 0 aliphatic heterocycles. The average molecular weight is 295 g/mol. The van der Waals surface area contributed by atoms with Crippen LogP contribution < -0.4 is 5.32 Å². The molecule has 2 N–H and O–H groups in total. The predicted molar refractivity (Wildman–Crippen MR) is 88.7 cm³/mol. The molecule has 0 bridgehead atoms. The molecule has 0 aliphatic rings. The summed E-state index contributed by atoms with van der Waals surface area (Å²) >= 11 is 0. The van der Waals surface area contributed by atoms with E-state index in [1.165, 1.54) is 10.9 Å². The number of hydrogen-bond donors (Lipinski definition) is 2. The van der Waals surface area contributed by atoms with Crippen LogP contribution in [0, 0.1) is 0 Å². The third kappa shape index (κ3) is 3.58. The number of H-pyrrole nitrogens is 1. The van der Waals surface area contributed by atoms with E-state index in [4.69, 9.17) is 0 Å². The molecule has 0 unspecified atom stereocenters. The Morgan fingerprint density at radius 3 is 2.82 bits per heavy atom. The van der Waals surface area contributed by atoms with E-state index in [-0.39, 0.29) is 5.91 Å². The van der Waals surface area contributed by atoms with E-state index in [1.54, 1.807) is 0 Å². The summed E-state index contributed by atoms with van der Waals surface area (Å²) in [5.41, 5.74) is 2.40. The zero-order valence-electron chi connectivity index (χ0n) is 12.6. The van der Waals surface area contributed by atoms with Crippen molar-refractivity contribution in [3.63, 3.8) is 0 Å². The highest BCUT2D eigenvalue weighted by Crippen LogP contribution is 2.17. The van der Waals surface area contributed by atoms with Crippen LogP contribution >= 0.6 is 0 Å². The molecule has 2 aromatic heterocycles. The molecule has 0 saturated heterocycles. The molecule has 1 amide bonds. The molecule has 0 radical (unpaired) electrons. The molecule has 22 heavy (non-hydrogen) atoms. The Kier molecular flexibility index (Phi) is 4.59. The van der Waals surface area contributed by atoms with Gasteiger partial charge < -0.3 is 14.9 Å². The highest BCUT2D eigenvalue weighted by atomic mass is 16.1. The van der Waals surface area contributed by atoms with Gasteiger partial charge in [0.15, 0.2) is 0 Å². The summed E-state index contributed by atoms with van der Waals surface area (Å²) in [6.45, 7) is 1.58. The van der Waals surface area contributed by atoms with Crippen molar-refractivity contribution >= 4 is 16.8 Å². The van der Waals surface area contributed by atoms with Gasteiger partial charge in [-0.15, -0.1) is 0 Å². The van der Waals surface area contributed by atoms with Gasteiger partial charge in [0, 0.05) is 49.0 Å². The Bertz CT molecular complexity index is 728. The first-order valence-electron chi connectivity index (χ1n) is 7.75. The number of aromatic nitrogens is 2. The van der Waals surface area contributed by atoms with Crippen LogP contribution in [0.2, 0.25) is 0 Å². The van der Waals surface area contributed by atoms with Gasteiger partial charge in [0.1, 0.15) is 0 Å². The molecule has 2 heterocycles. The number of aromatic amines is 1. The van der Waals surface area contributed by atoms with Crippen molar-refractivity contribution in [1.82, 2.24) is 14.9 Å². The first-order valence-corrected chi connectivity index (χ1v) is 7.75. The molecule has 3 aromatic rings. The van der Waals surface area contributed by atoms with Crippen LogP contribution in [0.25, 0.3) is 10.9 Å². The number of fused-ring (bicyclic) bond motifs is 1. The van der Waals surface area contributed by atoms with Crippen molar-refractivity contribution in [2.45, 2.75) is 25.8 Å². The molecule has 4 heteroatoms. The van der Waals surface area contributed by atoms with Crippen LogP contribution in [-0.2, 0) is 17.8 Å². The molecule has 3 rings (SSSR count). The summed E-state index contributed by atoms with van der Waals surface area (Å²) in [7, 11) is 0. The fraction of sp³-hybridized carbons (Fsp3) is 0.278. The molecule has 0 fully saturated rings. The fourth-order valence-corrected chi connectivity index (χ4v) is 2.70. The summed E-state index contributed by atoms with van der Waals surface area (Å²) in [5.74, 6) is 0.131. The predicted octanol–water partition coefficient (Wildman–Crippen LogP) is 3.11. The minimum atomic E-state index is 0.131. The highest BCUT2D eigenvalue weighted by molar-refractivity contribution is 5.83. The summed E-state index contributed by atoms with van der Waals surface area (Å²) in [5, 5.41) is 4.24. The van der Waals surface area contributed by atoms with Crippen LogP contribution in [0.5, 0.6) is 0 Å². The van der Waals surface area contributed by atoms with Crippen LogP contribution in [0.15, 0.2) is 55.0 Å². The van der Waals surface area contributed by atoms with E-state index in [1.807, 2.05) is 42.9 Å². The van der Waals surface area contributed by atoms with Crippen LogP contribution in [0.3, 0.4) is 0 Å². The Morgan fingerprint density at radius 2 is 1.95 bits per heavy atom. The number of hydrogen-bond acceptors (Lipinski definition) is 1. The molecule has 0 atom stereocenters. The van der Waals surface area contributed by atoms with Crippen LogP contribution in [0.4, 0.5) is 0 Å². The SMILES string of the molecule is O=C(CCCn1cccc1)NCCc1c[nH]c2ccccc12. The smallest absolute Gasteiger partial charge is 0.220 e. The number of benzene rings is 1. The van der Waals surface area contributed by atoms with Gasteiger partial charge in [-0.25, -0.2) is 0 Å². The monoisotopic (exact) mass is 295 g/mol. The number of nitrogens with one attached hydrogen (secondary N) is 2. The molecule has 0 spiro atoms. The van der Waals surface area contributed by atoms with Crippen LogP contribution in [-0.4, -0.2) is 22.0 Å². The molecule has 0 saturated carbocycles. The van der Waals surface area contributed by atoms with Gasteiger partial charge in [0.25, 0.3) is 0 Å². The van der Waals surface area contributed by atoms with Gasteiger partial charge >= 0.3 is 0 Å². The van der Waals surface area contributed by atoms with E-state index in [9.17, 15) is 4.79 Å². The van der Waals surface area contributed by atoms with Gasteiger partial charge in [-0.1, -0.05) is 18.2 Å². The molecule has 114 valence electrons. The number of rotatable bonds is 7. The summed E-state index contributed by atoms with van der Waals surface area (Å²) in [4.78, 5) is 15.1. The maximum atomic E-state index is 11.8. The number of carbonyl (C=O) groups is 1. The maximum absolute atomic E-state index is 11.8. The lowest BCUT2D eigenvalue weighted by Crippen LogP contribution is -2.25. The lowest BCUT2D eigenvalue weighted by molar-refractivity contribution is -0.121. The Hall–Kier alpha value is -2.49. The molecular weight excluding hydrogens is 274 g/mol. The standard InChI is InChI=1S/C18H21N3O/c22-18(8-5-13-21-11-3-4-12-21)19-10-9-15-14-20-17-7-2-1-6-16(15)17/h1-4,6-7,11-12,14,20H,5,8-10,13H2,(H,19,22). The number of para-hydroxylation sites is 1. The summed E-state index contributed by atoms with van der Waals surface area (Å²) in [6, 6.07) is 12.2. The Morgan fingerprint density at radius 1 is 1.14 bits per heavy atom. The minimum absolute atomic E-state index is 0.131. The number of amides is 1. The zero-order valence-corrected chi connectivity index (χ0v) is 12.6. The first kappa shape index (κ1) is 14.4. The summed E-state index contributed by atoms with van der Waals surface area (Å²) < 4.78 is 2.10. The van der Waals surface area contributed by atoms with Crippen LogP contribution in [0.1, 0.15) is 18.4 Å². The third-order valence-corrected chi connectivity index (χ3v) is 3.88. The lowest BCUT2D eigenvalue weighted by atomic mass is 10.1. The highest BCUT2D eigenvalue weighted by Gasteiger charge is 2.04. The number of aryl methyl sites for hydroxylation is 1. The van der Waals surface area contributed by atoms with E-state index < -0.39 is 0 Å². The summed E-state index contributed by atoms with van der Waals surface area (Å²) in [6.07, 6.45) is 8.37. The van der Waals surface area contributed by atoms with Crippen molar-refractivity contribution in [3.8, 4) is 0 Å². The fourth-order valence-electron chi connectivity index (χ4n) is 2.70. The van der Waals surface area contributed by atoms with Gasteiger partial charge in [0.2, 0.25) is 5.91 Å². The van der Waals surface area contributed by atoms with Gasteiger partial charge in [-0.2, -0.15) is 0 Å². The minimum Gasteiger partial charge on any atom is -0.361 e. The van der Waals surface area contributed by atoms with Crippen molar-refractivity contribution in [2.24, 2.45) is 0 Å². The lowest BCUT2D eigenvalue weighted by Gasteiger charge is -2.05. The van der Waals surface area contributed by atoms with Crippen molar-refractivity contribution in [1.29, 1.82) is 0 Å². The van der Waals surface area contributed by atoms with Gasteiger partial charge in [0.05, 0.1) is 0 Å². The molecule has 0 aliphatic carbocycles. The Labute approximate surface area is 130 Å². The third-order valence-electron chi connectivity index (χ3n) is 3.88. The number of nitrogens with zero attached hydrogens (tertiary/aromatic N) is 1. The molecule has 4 nitrogen and oxygen atoms in total. The Balaban J connectivity index is 1.40. The molecule has 1 aromatic carbocycles. The van der Waals surface area contributed by atoms with E-state index in [0.717, 1.165) is 24.9 Å². The second-order valence-electron chi connectivity index (χ2n) is 5.48. The van der Waals surface area contributed by atoms with Crippen molar-refractivity contribution in [3.05, 3.63) is 60.6 Å². The van der Waals surface area contributed by atoms with Crippen molar-refractivity contribution in [2.75, 3.05) is 6.54 Å². The van der Waals surface area contributed by atoms with Gasteiger partial charge in [-0.05, 0) is 36.6 Å². The zero-order chi connectivity index (χ0) is 15.2. The topological polar surface area (TPSA) is 49.8 Å². The second kappa shape index (κ2) is 6.98. The quantitative estimate of drug-likeness (QED) is 0.691. The van der Waals surface area contributed by atoms with Crippen molar-refractivity contribution < 1.29 is 4.79 Å². The van der Waals surface area contributed by atoms with E-state index >= 15 is 0 Å². The van der Waals surface area contributed by atoms with Gasteiger partial charge in [-0.3, -0.25) is 4.79 Å². The first-order chi connectivity index (χ1) is 10.8. The largest absolute Gasteiger partial charge is 0.361 e. The second-order valence-corrected chi connectivity index (χ2v) is 5.48. The van der Waals surface area contributed by atoms with E-state index in [0.29, 0.717) is 13.0 Å². The average Bonchev–Trinajstić information content (AvgIpc) is 3.17. The molecular formula is C18H21N3O. The van der Waals surface area contributed by atoms with E-state index in [2.05, 4.69) is 27.0 Å². The number of carbonyl (C=O) groups excluding carboxylic acids is 1. The normalized spacial score (nSPS) is 10.9. The maximum Gasteiger partial charge on any atom is 0.220 e.